The van der Waals surface area contributed by atoms with E-state index < -0.39 is 31.4 Å². The Morgan fingerprint density at radius 1 is 1.02 bits per heavy atom. The number of halogens is 1. The highest BCUT2D eigenvalue weighted by Gasteiger charge is 2.31. The maximum atomic E-state index is 13.9. The third kappa shape index (κ3) is 10.1. The molecule has 8 rings (SSSR count). The number of nitro benzene ring substituents is 1. The van der Waals surface area contributed by atoms with Crippen LogP contribution in [0.15, 0.2) is 95.7 Å². The molecule has 3 aromatic carbocycles. The van der Waals surface area contributed by atoms with Crippen LogP contribution in [0, 0.1) is 21.4 Å². The van der Waals surface area contributed by atoms with Gasteiger partial charge in [0.05, 0.1) is 21.6 Å². The average Bonchev–Trinajstić information content (AvgIpc) is 3.94. The smallest absolute Gasteiger partial charge is 0.293 e. The molecule has 1 aliphatic carbocycles. The number of rotatable bonds is 13. The second-order valence-electron chi connectivity index (χ2n) is 17.4. The molecule has 1 atom stereocenters. The van der Waals surface area contributed by atoms with Crippen molar-refractivity contribution in [2.75, 3.05) is 62.6 Å². The number of likely N-dealkylation sites (tertiary alicyclic amines) is 1. The minimum Gasteiger partial charge on any atom is -0.455 e. The molecule has 15 nitrogen and oxygen atoms in total. The summed E-state index contributed by atoms with van der Waals surface area (Å²) in [5.41, 5.74) is 5.37. The first-order valence-corrected chi connectivity index (χ1v) is 23.0. The zero-order valence-corrected chi connectivity index (χ0v) is 37.1. The molecule has 2 fully saturated rings. The van der Waals surface area contributed by atoms with Gasteiger partial charge in [0.25, 0.3) is 21.6 Å². The van der Waals surface area contributed by atoms with Crippen LogP contribution in [0.3, 0.4) is 0 Å². The Labute approximate surface area is 371 Å². The van der Waals surface area contributed by atoms with Crippen LogP contribution >= 0.6 is 11.6 Å². The van der Waals surface area contributed by atoms with Gasteiger partial charge in [-0.1, -0.05) is 43.2 Å². The van der Waals surface area contributed by atoms with Crippen molar-refractivity contribution in [2.45, 2.75) is 51.3 Å². The molecule has 1 unspecified atom stereocenters. The summed E-state index contributed by atoms with van der Waals surface area (Å²) in [6.07, 6.45) is 7.18. The molecule has 4 heterocycles. The maximum absolute atomic E-state index is 13.9. The normalized spacial score (nSPS) is 18.1. The summed E-state index contributed by atoms with van der Waals surface area (Å²) in [4.78, 5) is 50.6. The molecule has 2 amide bonds. The first kappa shape index (κ1) is 43.7. The number of sulfonamides is 1. The second-order valence-corrected chi connectivity index (χ2v) is 19.6. The van der Waals surface area contributed by atoms with Gasteiger partial charge < -0.3 is 24.8 Å². The van der Waals surface area contributed by atoms with Crippen molar-refractivity contribution in [1.82, 2.24) is 24.5 Å². The van der Waals surface area contributed by atoms with E-state index in [1.54, 1.807) is 29.3 Å². The number of amides is 2. The third-order valence-electron chi connectivity index (χ3n) is 12.4. The Balaban J connectivity index is 0.995. The van der Waals surface area contributed by atoms with Crippen molar-refractivity contribution >= 4 is 67.1 Å². The van der Waals surface area contributed by atoms with Gasteiger partial charge >= 0.3 is 0 Å². The number of allylic oxidation sites excluding steroid dienone is 1. The van der Waals surface area contributed by atoms with Crippen LogP contribution < -0.4 is 19.7 Å². The number of ether oxygens (including phenoxy) is 1. The molecular formula is C46H51ClN8O7S. The first-order valence-electron chi connectivity index (χ1n) is 21.1. The highest BCUT2D eigenvalue weighted by Crippen LogP contribution is 2.43. The van der Waals surface area contributed by atoms with Crippen molar-refractivity contribution in [1.29, 1.82) is 0 Å². The summed E-state index contributed by atoms with van der Waals surface area (Å²) in [7, 11) is -4.59. The fourth-order valence-electron chi connectivity index (χ4n) is 8.73. The number of aromatic amines is 1. The zero-order valence-electron chi connectivity index (χ0n) is 35.5. The average molecular weight is 895 g/mol. The number of nitro groups is 1. The molecule has 3 aliphatic rings. The Morgan fingerprint density at radius 2 is 1.79 bits per heavy atom. The zero-order chi connectivity index (χ0) is 44.5. The van der Waals surface area contributed by atoms with Gasteiger partial charge in [-0.15, -0.1) is 0 Å². The van der Waals surface area contributed by atoms with Crippen molar-refractivity contribution in [3.8, 4) is 11.5 Å². The van der Waals surface area contributed by atoms with E-state index in [9.17, 15) is 28.1 Å². The van der Waals surface area contributed by atoms with Gasteiger partial charge in [-0.05, 0) is 96.7 Å². The van der Waals surface area contributed by atoms with Crippen LogP contribution in [0.25, 0.3) is 16.6 Å². The number of H-pyrrole nitrogens is 1. The minimum atomic E-state index is -4.59. The number of carbonyl (C=O) groups excluding carboxylic acids is 2. The van der Waals surface area contributed by atoms with Gasteiger partial charge in [-0.25, -0.2) is 18.1 Å². The summed E-state index contributed by atoms with van der Waals surface area (Å²) in [6, 6.07) is 20.2. The molecule has 2 saturated heterocycles. The lowest BCUT2D eigenvalue weighted by Gasteiger charge is -2.39. The molecule has 63 heavy (non-hydrogen) atoms. The maximum Gasteiger partial charge on any atom is 0.293 e. The monoisotopic (exact) mass is 894 g/mol. The summed E-state index contributed by atoms with van der Waals surface area (Å²) < 4.78 is 35.8. The Kier molecular flexibility index (Phi) is 12.5. The van der Waals surface area contributed by atoms with E-state index in [1.165, 1.54) is 48.0 Å². The second kappa shape index (κ2) is 18.0. The number of nitrogens with zero attached hydrogens (tertiary/aromatic N) is 5. The van der Waals surface area contributed by atoms with Crippen molar-refractivity contribution in [3.63, 3.8) is 0 Å². The quantitative estimate of drug-likeness (QED) is 0.0767. The minimum absolute atomic E-state index is 0.0311. The molecule has 3 N–H and O–H groups in total. The number of aromatic nitrogens is 2. The van der Waals surface area contributed by atoms with E-state index in [0.717, 1.165) is 67.5 Å². The van der Waals surface area contributed by atoms with Crippen LogP contribution in [-0.2, 0) is 14.8 Å². The van der Waals surface area contributed by atoms with Gasteiger partial charge in [-0.2, -0.15) is 0 Å². The number of pyridine rings is 1. The van der Waals surface area contributed by atoms with Crippen LogP contribution in [0.4, 0.5) is 17.1 Å². The first-order chi connectivity index (χ1) is 30.1. The molecule has 17 heteroatoms. The lowest BCUT2D eigenvalue weighted by atomic mass is 9.72. The summed E-state index contributed by atoms with van der Waals surface area (Å²) in [6.45, 7) is 11.6. The topological polar surface area (TPSA) is 183 Å². The van der Waals surface area contributed by atoms with Crippen molar-refractivity contribution in [2.24, 2.45) is 11.3 Å². The summed E-state index contributed by atoms with van der Waals surface area (Å²) >= 11 is 6.24. The van der Waals surface area contributed by atoms with Gasteiger partial charge in [0, 0.05) is 93.7 Å². The molecule has 0 spiro atoms. The van der Waals surface area contributed by atoms with Crippen LogP contribution in [0.1, 0.15) is 62.4 Å². The van der Waals surface area contributed by atoms with E-state index in [-0.39, 0.29) is 34.2 Å². The number of benzene rings is 3. The standard InChI is InChI=1S/C46H51ClN8O7S/c1-30(56)54-17-14-31(28-54)26-49-41-11-9-38(24-42(41)55(58)59)63(60,61)51-45(57)39-10-8-36(23-43(39)62-37-22-33-13-16-48-44(33)50-27-37)53-20-18-52(19-21-53)29-34-12-15-46(2,3)25-40(34)32-4-6-35(47)7-5-32/h4-11,13,16,22-24,27,31,49H,12,14-15,17-21,25-26,28-29H2,1-3H3,(H,48,50)(H,51,57). The van der Waals surface area contributed by atoms with Crippen molar-refractivity contribution < 1.29 is 27.7 Å². The Hall–Kier alpha value is -5.97. The number of hydrogen-bond donors (Lipinski definition) is 3. The van der Waals surface area contributed by atoms with Crippen molar-refractivity contribution in [3.05, 3.63) is 117 Å². The lowest BCUT2D eigenvalue weighted by molar-refractivity contribution is -0.384. The number of carbonyl (C=O) groups is 2. The molecular weight excluding hydrogens is 844 g/mol. The van der Waals surface area contributed by atoms with Crippen LogP contribution in [0.2, 0.25) is 5.02 Å². The van der Waals surface area contributed by atoms with Gasteiger partial charge in [-0.3, -0.25) is 24.6 Å². The molecule has 5 aromatic rings. The molecule has 330 valence electrons. The number of fused-ring (bicyclic) bond motifs is 1. The van der Waals surface area contributed by atoms with Crippen LogP contribution in [0.5, 0.6) is 11.5 Å². The van der Waals surface area contributed by atoms with Gasteiger partial charge in [0.15, 0.2) is 0 Å². The molecule has 0 saturated carbocycles. The fraction of sp³-hybridized carbons (Fsp3) is 0.370. The van der Waals surface area contributed by atoms with E-state index in [2.05, 4.69) is 55.8 Å². The third-order valence-corrected chi connectivity index (χ3v) is 13.9. The van der Waals surface area contributed by atoms with E-state index in [4.69, 9.17) is 16.3 Å². The molecule has 0 radical (unpaired) electrons. The Bertz CT molecular complexity index is 2690. The lowest BCUT2D eigenvalue weighted by Crippen LogP contribution is -2.47. The predicted molar refractivity (Wildman–Crippen MR) is 244 cm³/mol. The largest absolute Gasteiger partial charge is 0.455 e. The summed E-state index contributed by atoms with van der Waals surface area (Å²) in [5.74, 6) is -0.472. The molecule has 2 aliphatic heterocycles. The highest BCUT2D eigenvalue weighted by atomic mass is 35.5. The molecule has 2 aromatic heterocycles. The van der Waals surface area contributed by atoms with Gasteiger partial charge in [0.1, 0.15) is 22.8 Å². The summed E-state index contributed by atoms with van der Waals surface area (Å²) in [5, 5.41) is 16.7. The number of piperazine rings is 1. The predicted octanol–water partition coefficient (Wildman–Crippen LogP) is 8.10. The Morgan fingerprint density at radius 3 is 2.52 bits per heavy atom. The fourth-order valence-corrected chi connectivity index (χ4v) is 9.85. The number of hydrogen-bond acceptors (Lipinski definition) is 11. The van der Waals surface area contributed by atoms with E-state index in [0.29, 0.717) is 44.1 Å². The van der Waals surface area contributed by atoms with E-state index >= 15 is 0 Å². The number of nitrogens with one attached hydrogen (secondary N) is 3. The SMILES string of the molecule is CC(=O)N1CCC(CNc2ccc(S(=O)(=O)NC(=O)c3ccc(N4CCN(CC5=C(c6ccc(Cl)cc6)CC(C)(C)CC5)CC4)cc3Oc3cnc4[nH]ccc4c3)cc2[N+](=O)[O-])C1. The van der Waals surface area contributed by atoms with E-state index in [1.807, 2.05) is 18.2 Å². The highest BCUT2D eigenvalue weighted by molar-refractivity contribution is 7.90. The molecule has 0 bridgehead atoms. The number of anilines is 2. The van der Waals surface area contributed by atoms with Gasteiger partial charge in [0.2, 0.25) is 5.91 Å². The van der Waals surface area contributed by atoms with Crippen LogP contribution in [-0.4, -0.2) is 97.3 Å².